The van der Waals surface area contributed by atoms with Crippen LogP contribution in [0.5, 0.6) is 0 Å². The molecule has 0 spiro atoms. The van der Waals surface area contributed by atoms with Crippen LogP contribution in [0, 0.1) is 6.92 Å². The first-order chi connectivity index (χ1) is 11.5. The van der Waals surface area contributed by atoms with E-state index in [1.165, 1.54) is 4.68 Å². The number of nitrogens with zero attached hydrogens (tertiary/aromatic N) is 4. The summed E-state index contributed by atoms with van der Waals surface area (Å²) in [4.78, 5) is 12.5. The van der Waals surface area contributed by atoms with E-state index in [-0.39, 0.29) is 11.7 Å². The molecular formula is C16H17F2N5O. The van der Waals surface area contributed by atoms with E-state index in [0.29, 0.717) is 28.7 Å². The molecule has 3 rings (SSSR count). The van der Waals surface area contributed by atoms with Gasteiger partial charge in [0.1, 0.15) is 6.54 Å². The SMILES string of the molecule is CCn1cc(C(=O)Nc2nn(CC(F)F)c3ccccc23)c(C)n1. The summed E-state index contributed by atoms with van der Waals surface area (Å²) in [6.45, 7) is 3.80. The molecule has 0 aliphatic heterocycles. The van der Waals surface area contributed by atoms with Crippen molar-refractivity contribution >= 4 is 22.6 Å². The first kappa shape index (κ1) is 16.1. The number of alkyl halides is 2. The molecule has 3 aromatic rings. The minimum Gasteiger partial charge on any atom is -0.304 e. The number of aryl methyl sites for hydroxylation is 2. The Bertz CT molecular complexity index is 884. The monoisotopic (exact) mass is 333 g/mol. The number of rotatable bonds is 5. The van der Waals surface area contributed by atoms with Gasteiger partial charge in [0.05, 0.1) is 16.8 Å². The molecule has 1 aromatic carbocycles. The third-order valence-corrected chi connectivity index (χ3v) is 3.72. The van der Waals surface area contributed by atoms with Crippen molar-refractivity contribution in [2.24, 2.45) is 0 Å². The van der Waals surface area contributed by atoms with Crippen LogP contribution in [-0.2, 0) is 13.1 Å². The fourth-order valence-corrected chi connectivity index (χ4v) is 2.57. The maximum Gasteiger partial charge on any atom is 0.260 e. The van der Waals surface area contributed by atoms with Gasteiger partial charge in [-0.3, -0.25) is 14.2 Å². The molecular weight excluding hydrogens is 316 g/mol. The van der Waals surface area contributed by atoms with Crippen LogP contribution in [0.1, 0.15) is 23.0 Å². The molecule has 6 nitrogen and oxygen atoms in total. The number of halogens is 2. The highest BCUT2D eigenvalue weighted by atomic mass is 19.3. The van der Waals surface area contributed by atoms with Crippen molar-refractivity contribution in [3.8, 4) is 0 Å². The minimum atomic E-state index is -2.53. The Morgan fingerprint density at radius 1 is 1.29 bits per heavy atom. The number of nitrogens with one attached hydrogen (secondary N) is 1. The van der Waals surface area contributed by atoms with Crippen LogP contribution in [-0.4, -0.2) is 31.9 Å². The lowest BCUT2D eigenvalue weighted by Gasteiger charge is -2.01. The summed E-state index contributed by atoms with van der Waals surface area (Å²) >= 11 is 0. The third-order valence-electron chi connectivity index (χ3n) is 3.72. The van der Waals surface area contributed by atoms with E-state index in [1.807, 2.05) is 6.92 Å². The highest BCUT2D eigenvalue weighted by Crippen LogP contribution is 2.24. The van der Waals surface area contributed by atoms with Gasteiger partial charge in [0.2, 0.25) is 0 Å². The molecule has 0 saturated heterocycles. The smallest absolute Gasteiger partial charge is 0.260 e. The fraction of sp³-hybridized carbons (Fsp3) is 0.312. The van der Waals surface area contributed by atoms with Crippen molar-refractivity contribution in [2.75, 3.05) is 5.32 Å². The molecule has 2 aromatic heterocycles. The maximum absolute atomic E-state index is 12.7. The molecule has 1 N–H and O–H groups in total. The average Bonchev–Trinajstić information content (AvgIpc) is 3.08. The first-order valence-corrected chi connectivity index (χ1v) is 7.58. The normalized spacial score (nSPS) is 11.4. The lowest BCUT2D eigenvalue weighted by Crippen LogP contribution is -2.14. The predicted molar refractivity (Wildman–Crippen MR) is 86.3 cm³/mol. The Morgan fingerprint density at radius 3 is 2.71 bits per heavy atom. The molecule has 0 unspecified atom stereocenters. The third kappa shape index (κ3) is 2.99. The quantitative estimate of drug-likeness (QED) is 0.780. The number of carbonyl (C=O) groups is 1. The number of hydrogen-bond acceptors (Lipinski definition) is 3. The van der Waals surface area contributed by atoms with Crippen LogP contribution in [0.25, 0.3) is 10.9 Å². The number of amides is 1. The molecule has 0 radical (unpaired) electrons. The number of fused-ring (bicyclic) bond motifs is 1. The summed E-state index contributed by atoms with van der Waals surface area (Å²) < 4.78 is 28.3. The Kier molecular flexibility index (Phi) is 4.28. The van der Waals surface area contributed by atoms with Crippen molar-refractivity contribution in [1.82, 2.24) is 19.6 Å². The lowest BCUT2D eigenvalue weighted by molar-refractivity contribution is 0.102. The molecule has 2 heterocycles. The standard InChI is InChI=1S/C16H17F2N5O/c1-3-22-8-12(10(2)20-22)16(24)19-15-11-6-4-5-7-13(11)23(21-15)9-14(17)18/h4-8,14H,3,9H2,1-2H3,(H,19,21,24). The van der Waals surface area contributed by atoms with E-state index < -0.39 is 13.0 Å². The van der Waals surface area contributed by atoms with Crippen LogP contribution in [0.2, 0.25) is 0 Å². The Labute approximate surface area is 137 Å². The summed E-state index contributed by atoms with van der Waals surface area (Å²) in [6, 6.07) is 6.95. The molecule has 0 saturated carbocycles. The molecule has 8 heteroatoms. The molecule has 0 bridgehead atoms. The van der Waals surface area contributed by atoms with E-state index in [2.05, 4.69) is 15.5 Å². The summed E-state index contributed by atoms with van der Waals surface area (Å²) in [7, 11) is 0. The van der Waals surface area contributed by atoms with Crippen LogP contribution in [0.15, 0.2) is 30.5 Å². The number of carbonyl (C=O) groups excluding carboxylic acids is 1. The fourth-order valence-electron chi connectivity index (χ4n) is 2.57. The van der Waals surface area contributed by atoms with Crippen molar-refractivity contribution in [1.29, 1.82) is 0 Å². The highest BCUT2D eigenvalue weighted by molar-refractivity contribution is 6.08. The number of benzene rings is 1. The number of anilines is 1. The Morgan fingerprint density at radius 2 is 2.04 bits per heavy atom. The molecule has 0 aliphatic carbocycles. The number of para-hydroxylation sites is 1. The molecule has 0 atom stereocenters. The van der Waals surface area contributed by atoms with Crippen LogP contribution >= 0.6 is 0 Å². The minimum absolute atomic E-state index is 0.264. The zero-order chi connectivity index (χ0) is 17.3. The van der Waals surface area contributed by atoms with Crippen molar-refractivity contribution < 1.29 is 13.6 Å². The highest BCUT2D eigenvalue weighted by Gasteiger charge is 2.18. The van der Waals surface area contributed by atoms with Gasteiger partial charge in [0, 0.05) is 18.1 Å². The van der Waals surface area contributed by atoms with Crippen molar-refractivity contribution in [3.05, 3.63) is 41.7 Å². The Hall–Kier alpha value is -2.77. The van der Waals surface area contributed by atoms with Gasteiger partial charge >= 0.3 is 0 Å². The molecule has 0 fully saturated rings. The second-order valence-electron chi connectivity index (χ2n) is 5.38. The van der Waals surface area contributed by atoms with Crippen LogP contribution in [0.3, 0.4) is 0 Å². The summed E-state index contributed by atoms with van der Waals surface area (Å²) in [5, 5.41) is 11.7. The van der Waals surface area contributed by atoms with E-state index in [9.17, 15) is 13.6 Å². The molecule has 24 heavy (non-hydrogen) atoms. The van der Waals surface area contributed by atoms with Gasteiger partial charge in [-0.1, -0.05) is 12.1 Å². The van der Waals surface area contributed by atoms with Crippen LogP contribution in [0.4, 0.5) is 14.6 Å². The second-order valence-corrected chi connectivity index (χ2v) is 5.38. The van der Waals surface area contributed by atoms with Gasteiger partial charge in [-0.2, -0.15) is 10.2 Å². The largest absolute Gasteiger partial charge is 0.304 e. The maximum atomic E-state index is 12.7. The number of aromatic nitrogens is 4. The van der Waals surface area contributed by atoms with E-state index in [4.69, 9.17) is 0 Å². The predicted octanol–water partition coefficient (Wildman–Crippen LogP) is 3.08. The molecule has 126 valence electrons. The van der Waals surface area contributed by atoms with Crippen molar-refractivity contribution in [2.45, 2.75) is 33.4 Å². The van der Waals surface area contributed by atoms with Gasteiger partial charge in [0.25, 0.3) is 12.3 Å². The van der Waals surface area contributed by atoms with Crippen molar-refractivity contribution in [3.63, 3.8) is 0 Å². The van der Waals surface area contributed by atoms with Gasteiger partial charge in [-0.05, 0) is 26.0 Å². The second kappa shape index (κ2) is 6.38. The van der Waals surface area contributed by atoms with E-state index in [0.717, 1.165) is 0 Å². The van der Waals surface area contributed by atoms with Gasteiger partial charge < -0.3 is 5.32 Å². The zero-order valence-corrected chi connectivity index (χ0v) is 13.3. The van der Waals surface area contributed by atoms with Gasteiger partial charge in [-0.25, -0.2) is 8.78 Å². The summed E-state index contributed by atoms with van der Waals surface area (Å²) in [5.41, 5.74) is 1.59. The summed E-state index contributed by atoms with van der Waals surface area (Å²) in [6.07, 6.45) is -0.870. The lowest BCUT2D eigenvalue weighted by atomic mass is 10.2. The van der Waals surface area contributed by atoms with Gasteiger partial charge in [0.15, 0.2) is 5.82 Å². The van der Waals surface area contributed by atoms with Gasteiger partial charge in [-0.15, -0.1) is 0 Å². The molecule has 0 aliphatic rings. The first-order valence-electron chi connectivity index (χ1n) is 7.58. The topological polar surface area (TPSA) is 64.7 Å². The summed E-state index contributed by atoms with van der Waals surface area (Å²) in [5.74, 6) is -0.0976. The van der Waals surface area contributed by atoms with E-state index in [1.54, 1.807) is 42.1 Å². The molecule has 1 amide bonds. The number of hydrogen-bond donors (Lipinski definition) is 1. The zero-order valence-electron chi connectivity index (χ0n) is 13.3. The van der Waals surface area contributed by atoms with E-state index >= 15 is 0 Å². The van der Waals surface area contributed by atoms with Crippen LogP contribution < -0.4 is 5.32 Å². The Balaban J connectivity index is 1.94. The average molecular weight is 333 g/mol.